The molecule has 21 heavy (non-hydrogen) atoms. The van der Waals surface area contributed by atoms with Crippen molar-refractivity contribution in [2.75, 3.05) is 0 Å². The Morgan fingerprint density at radius 2 is 1.86 bits per heavy atom. The zero-order chi connectivity index (χ0) is 16.1. The zero-order valence-electron chi connectivity index (χ0n) is 15.4. The molecule has 1 aliphatic carbocycles. The fraction of sp³-hybridized carbons (Fsp3) is 0.900. The lowest BCUT2D eigenvalue weighted by Gasteiger charge is -2.34. The lowest BCUT2D eigenvalue weighted by atomic mass is 9.71. The zero-order valence-corrected chi connectivity index (χ0v) is 15.4. The molecule has 1 aliphatic rings. The normalized spacial score (nSPS) is 37.5. The molecule has 0 bridgehead atoms. The second-order valence-corrected chi connectivity index (χ2v) is 8.57. The van der Waals surface area contributed by atoms with E-state index in [0.29, 0.717) is 16.9 Å². The molecule has 0 saturated carbocycles. The molecule has 0 aromatic heterocycles. The Balaban J connectivity index is 2.93. The minimum absolute atomic E-state index is 0.317. The van der Waals surface area contributed by atoms with Crippen LogP contribution < -0.4 is 5.73 Å². The van der Waals surface area contributed by atoms with E-state index in [9.17, 15) is 0 Å². The van der Waals surface area contributed by atoms with E-state index in [-0.39, 0.29) is 0 Å². The molecule has 0 aliphatic heterocycles. The van der Waals surface area contributed by atoms with E-state index in [1.807, 2.05) is 0 Å². The molecule has 0 radical (unpaired) electrons. The standard InChI is InChI=1S/C20H39N/c1-7-9-17(3)20(6)14-8-13-19(4,5)16(2)10-11-18(21)12-15-20/h8,14,16-18H,7,9-13,15,21H2,1-6H3/b14-8+. The molecular weight excluding hydrogens is 254 g/mol. The van der Waals surface area contributed by atoms with Crippen molar-refractivity contribution in [3.05, 3.63) is 12.2 Å². The van der Waals surface area contributed by atoms with Gasteiger partial charge in [0.25, 0.3) is 0 Å². The van der Waals surface area contributed by atoms with Crippen molar-refractivity contribution < 1.29 is 0 Å². The van der Waals surface area contributed by atoms with Crippen LogP contribution >= 0.6 is 0 Å². The summed E-state index contributed by atoms with van der Waals surface area (Å²) in [4.78, 5) is 0. The Labute approximate surface area is 133 Å². The van der Waals surface area contributed by atoms with Crippen LogP contribution in [0, 0.1) is 22.7 Å². The van der Waals surface area contributed by atoms with Gasteiger partial charge in [-0.25, -0.2) is 0 Å². The molecule has 1 rings (SSSR count). The highest BCUT2D eigenvalue weighted by atomic mass is 14.6. The first-order chi connectivity index (χ1) is 9.71. The SMILES string of the molecule is CCCC(C)C1(C)/C=C/CC(C)(C)C(C)CCC(N)CC1. The molecular formula is C20H39N. The first kappa shape index (κ1) is 18.7. The summed E-state index contributed by atoms with van der Waals surface area (Å²) in [6, 6.07) is 0.378. The average Bonchev–Trinajstić information content (AvgIpc) is 2.43. The summed E-state index contributed by atoms with van der Waals surface area (Å²) in [5, 5.41) is 0. The van der Waals surface area contributed by atoms with Crippen LogP contribution in [0.25, 0.3) is 0 Å². The van der Waals surface area contributed by atoms with Crippen LogP contribution in [0.5, 0.6) is 0 Å². The van der Waals surface area contributed by atoms with Crippen molar-refractivity contribution in [1.29, 1.82) is 0 Å². The van der Waals surface area contributed by atoms with Crippen molar-refractivity contribution in [1.82, 2.24) is 0 Å². The Kier molecular flexibility index (Phi) is 6.97. The van der Waals surface area contributed by atoms with Crippen molar-refractivity contribution in [2.24, 2.45) is 28.4 Å². The van der Waals surface area contributed by atoms with E-state index in [4.69, 9.17) is 5.73 Å². The number of allylic oxidation sites excluding steroid dienone is 2. The maximum atomic E-state index is 6.40. The first-order valence-electron chi connectivity index (χ1n) is 9.14. The van der Waals surface area contributed by atoms with Gasteiger partial charge in [-0.1, -0.05) is 66.5 Å². The molecule has 0 fully saturated rings. The molecule has 124 valence electrons. The van der Waals surface area contributed by atoms with Gasteiger partial charge in [-0.2, -0.15) is 0 Å². The summed E-state index contributed by atoms with van der Waals surface area (Å²) >= 11 is 0. The largest absolute Gasteiger partial charge is 0.328 e. The lowest BCUT2D eigenvalue weighted by Crippen LogP contribution is -2.28. The smallest absolute Gasteiger partial charge is 0.00392 e. The fourth-order valence-electron chi connectivity index (χ4n) is 3.59. The van der Waals surface area contributed by atoms with Gasteiger partial charge in [-0.15, -0.1) is 0 Å². The highest BCUT2D eigenvalue weighted by molar-refractivity contribution is 5.02. The van der Waals surface area contributed by atoms with Gasteiger partial charge in [0, 0.05) is 6.04 Å². The van der Waals surface area contributed by atoms with Crippen LogP contribution in [0.15, 0.2) is 12.2 Å². The fourth-order valence-corrected chi connectivity index (χ4v) is 3.59. The van der Waals surface area contributed by atoms with Crippen molar-refractivity contribution in [3.8, 4) is 0 Å². The second kappa shape index (κ2) is 7.81. The van der Waals surface area contributed by atoms with Crippen LogP contribution in [0.4, 0.5) is 0 Å². The summed E-state index contributed by atoms with van der Waals surface area (Å²) in [6.07, 6.45) is 13.6. The second-order valence-electron chi connectivity index (χ2n) is 8.57. The summed E-state index contributed by atoms with van der Waals surface area (Å²) in [6.45, 7) is 14.4. The predicted octanol–water partition coefficient (Wildman–Crippen LogP) is 5.94. The van der Waals surface area contributed by atoms with E-state index in [0.717, 1.165) is 11.8 Å². The van der Waals surface area contributed by atoms with Crippen LogP contribution in [-0.2, 0) is 0 Å². The lowest BCUT2D eigenvalue weighted by molar-refractivity contribution is 0.211. The number of rotatable bonds is 3. The third kappa shape index (κ3) is 5.43. The Bertz CT molecular complexity index is 331. The van der Waals surface area contributed by atoms with Crippen LogP contribution in [0.1, 0.15) is 86.5 Å². The number of nitrogens with two attached hydrogens (primary N) is 1. The highest BCUT2D eigenvalue weighted by Gasteiger charge is 2.31. The van der Waals surface area contributed by atoms with Crippen molar-refractivity contribution >= 4 is 0 Å². The topological polar surface area (TPSA) is 26.0 Å². The average molecular weight is 294 g/mol. The van der Waals surface area contributed by atoms with E-state index < -0.39 is 0 Å². The summed E-state index contributed by atoms with van der Waals surface area (Å²) < 4.78 is 0. The van der Waals surface area contributed by atoms with Crippen LogP contribution in [0.2, 0.25) is 0 Å². The minimum atomic E-state index is 0.317. The van der Waals surface area contributed by atoms with Crippen molar-refractivity contribution in [3.63, 3.8) is 0 Å². The quantitative estimate of drug-likeness (QED) is 0.640. The molecule has 1 heteroatoms. The van der Waals surface area contributed by atoms with Crippen LogP contribution in [-0.4, -0.2) is 6.04 Å². The number of hydrogen-bond acceptors (Lipinski definition) is 1. The summed E-state index contributed by atoms with van der Waals surface area (Å²) in [7, 11) is 0. The first-order valence-corrected chi connectivity index (χ1v) is 9.14. The van der Waals surface area contributed by atoms with Gasteiger partial charge >= 0.3 is 0 Å². The molecule has 0 heterocycles. The third-order valence-corrected chi connectivity index (χ3v) is 6.35. The summed E-state index contributed by atoms with van der Waals surface area (Å²) in [5.74, 6) is 1.48. The maximum absolute atomic E-state index is 6.40. The monoisotopic (exact) mass is 293 g/mol. The predicted molar refractivity (Wildman–Crippen MR) is 95.3 cm³/mol. The maximum Gasteiger partial charge on any atom is 0.00392 e. The Morgan fingerprint density at radius 1 is 1.19 bits per heavy atom. The van der Waals surface area contributed by atoms with Gasteiger partial charge in [0.05, 0.1) is 0 Å². The molecule has 1 nitrogen and oxygen atoms in total. The van der Waals surface area contributed by atoms with E-state index in [2.05, 4.69) is 53.7 Å². The molecule has 4 unspecified atom stereocenters. The summed E-state index contributed by atoms with van der Waals surface area (Å²) in [5.41, 5.74) is 7.10. The molecule has 4 atom stereocenters. The molecule has 0 saturated heterocycles. The van der Waals surface area contributed by atoms with Gasteiger partial charge in [-0.05, 0) is 54.8 Å². The minimum Gasteiger partial charge on any atom is -0.328 e. The van der Waals surface area contributed by atoms with Crippen molar-refractivity contribution in [2.45, 2.75) is 92.5 Å². The molecule has 0 spiro atoms. The van der Waals surface area contributed by atoms with Crippen LogP contribution in [0.3, 0.4) is 0 Å². The van der Waals surface area contributed by atoms with E-state index >= 15 is 0 Å². The van der Waals surface area contributed by atoms with Gasteiger partial charge in [0.15, 0.2) is 0 Å². The molecule has 2 N–H and O–H groups in total. The van der Waals surface area contributed by atoms with E-state index in [1.54, 1.807) is 0 Å². The van der Waals surface area contributed by atoms with Gasteiger partial charge in [-0.3, -0.25) is 0 Å². The molecule has 0 aromatic rings. The Morgan fingerprint density at radius 3 is 2.48 bits per heavy atom. The Hall–Kier alpha value is -0.300. The number of hydrogen-bond donors (Lipinski definition) is 1. The van der Waals surface area contributed by atoms with E-state index in [1.165, 1.54) is 44.9 Å². The third-order valence-electron chi connectivity index (χ3n) is 6.35. The van der Waals surface area contributed by atoms with Gasteiger partial charge in [0.2, 0.25) is 0 Å². The van der Waals surface area contributed by atoms with Gasteiger partial charge < -0.3 is 5.73 Å². The highest BCUT2D eigenvalue weighted by Crippen LogP contribution is 2.40. The molecule has 0 amide bonds. The van der Waals surface area contributed by atoms with Gasteiger partial charge in [0.1, 0.15) is 0 Å². The molecule has 0 aromatic carbocycles.